The number of carbonyl (C=O) groups is 1. The van der Waals surface area contributed by atoms with Crippen LogP contribution in [0.1, 0.15) is 6.42 Å². The number of carbonyl (C=O) groups excluding carboxylic acids is 1. The summed E-state index contributed by atoms with van der Waals surface area (Å²) >= 11 is 0. The molecular weight excluding hydrogens is 156 g/mol. The van der Waals surface area contributed by atoms with E-state index in [9.17, 15) is 4.79 Å². The van der Waals surface area contributed by atoms with Crippen LogP contribution < -0.4 is 5.73 Å². The molecule has 2 N–H and O–H groups in total. The predicted molar refractivity (Wildman–Crippen MR) is 45.3 cm³/mol. The van der Waals surface area contributed by atoms with Crippen molar-refractivity contribution in [1.82, 2.24) is 4.90 Å². The predicted octanol–water partition coefficient (Wildman–Crippen LogP) is -0.294. The summed E-state index contributed by atoms with van der Waals surface area (Å²) in [6, 6.07) is -0.394. The van der Waals surface area contributed by atoms with E-state index in [4.69, 9.17) is 10.5 Å². The first-order valence-corrected chi connectivity index (χ1v) is 3.90. The van der Waals surface area contributed by atoms with Crippen LogP contribution in [0.3, 0.4) is 0 Å². The van der Waals surface area contributed by atoms with Crippen LogP contribution in [0, 0.1) is 0 Å². The maximum Gasteiger partial charge on any atom is 0.244 e. The van der Waals surface area contributed by atoms with Crippen molar-refractivity contribution in [1.29, 1.82) is 0 Å². The number of hydrogen-bond acceptors (Lipinski definition) is 3. The van der Waals surface area contributed by atoms with Crippen molar-refractivity contribution in [2.45, 2.75) is 12.5 Å². The molecule has 0 aliphatic carbocycles. The van der Waals surface area contributed by atoms with Gasteiger partial charge in [0.05, 0.1) is 12.6 Å². The summed E-state index contributed by atoms with van der Waals surface area (Å²) in [4.78, 5) is 12.9. The number of amides is 1. The van der Waals surface area contributed by atoms with Crippen molar-refractivity contribution in [3.63, 3.8) is 0 Å². The largest absolute Gasteiger partial charge is 0.383 e. The molecule has 1 amide bonds. The molecule has 0 aromatic rings. The van der Waals surface area contributed by atoms with Crippen molar-refractivity contribution in [3.8, 4) is 0 Å². The van der Waals surface area contributed by atoms with E-state index in [1.54, 1.807) is 12.0 Å². The summed E-state index contributed by atoms with van der Waals surface area (Å²) in [6.07, 6.45) is 0.572. The van der Waals surface area contributed by atoms with E-state index in [2.05, 4.69) is 6.58 Å². The lowest BCUT2D eigenvalue weighted by atomic mass is 10.2. The van der Waals surface area contributed by atoms with Gasteiger partial charge in [-0.15, -0.1) is 0 Å². The number of methoxy groups -OCH3 is 1. The Labute approximate surface area is 72.0 Å². The Hall–Kier alpha value is -0.870. The van der Waals surface area contributed by atoms with E-state index >= 15 is 0 Å². The van der Waals surface area contributed by atoms with Gasteiger partial charge in [0.15, 0.2) is 0 Å². The molecule has 68 valence electrons. The molecule has 4 heteroatoms. The third-order valence-electron chi connectivity index (χ3n) is 1.94. The fourth-order valence-corrected chi connectivity index (χ4v) is 1.26. The summed E-state index contributed by atoms with van der Waals surface area (Å²) in [5, 5.41) is 0. The minimum Gasteiger partial charge on any atom is -0.383 e. The Morgan fingerprint density at radius 3 is 2.92 bits per heavy atom. The Balaban J connectivity index is 2.52. The monoisotopic (exact) mass is 170 g/mol. The first-order chi connectivity index (χ1) is 5.66. The molecule has 0 bridgehead atoms. The second kappa shape index (κ2) is 3.69. The summed E-state index contributed by atoms with van der Waals surface area (Å²) < 4.78 is 4.86. The Morgan fingerprint density at radius 2 is 2.50 bits per heavy atom. The van der Waals surface area contributed by atoms with E-state index in [-0.39, 0.29) is 5.91 Å². The zero-order chi connectivity index (χ0) is 9.14. The second-order valence-corrected chi connectivity index (χ2v) is 2.86. The van der Waals surface area contributed by atoms with Crippen LogP contribution in [-0.2, 0) is 9.53 Å². The van der Waals surface area contributed by atoms with Crippen LogP contribution in [0.25, 0.3) is 0 Å². The number of hydrogen-bond donors (Lipinski definition) is 1. The van der Waals surface area contributed by atoms with Gasteiger partial charge in [-0.1, -0.05) is 6.58 Å². The Bertz CT molecular complexity index is 203. The first-order valence-electron chi connectivity index (χ1n) is 3.90. The molecule has 1 aliphatic heterocycles. The fraction of sp³-hybridized carbons (Fsp3) is 0.625. The van der Waals surface area contributed by atoms with Gasteiger partial charge in [0.1, 0.15) is 0 Å². The lowest BCUT2D eigenvalue weighted by molar-refractivity contribution is -0.128. The van der Waals surface area contributed by atoms with Crippen molar-refractivity contribution < 1.29 is 9.53 Å². The van der Waals surface area contributed by atoms with Gasteiger partial charge in [-0.3, -0.25) is 4.79 Å². The highest BCUT2D eigenvalue weighted by atomic mass is 16.5. The maximum absolute atomic E-state index is 11.3. The molecule has 1 heterocycles. The van der Waals surface area contributed by atoms with Gasteiger partial charge >= 0.3 is 0 Å². The van der Waals surface area contributed by atoms with Gasteiger partial charge in [-0.25, -0.2) is 0 Å². The van der Waals surface area contributed by atoms with Crippen molar-refractivity contribution in [2.24, 2.45) is 5.73 Å². The zero-order valence-corrected chi connectivity index (χ0v) is 7.25. The number of likely N-dealkylation sites (tertiary alicyclic amines) is 1. The molecule has 1 aliphatic rings. The maximum atomic E-state index is 11.3. The lowest BCUT2D eigenvalue weighted by Crippen LogP contribution is -2.35. The SMILES string of the molecule is C=C1CC(N)C(=O)N1CCOC. The third-order valence-corrected chi connectivity index (χ3v) is 1.94. The number of nitrogens with zero attached hydrogens (tertiary/aromatic N) is 1. The molecule has 0 spiro atoms. The van der Waals surface area contributed by atoms with Gasteiger partial charge in [0, 0.05) is 25.8 Å². The van der Waals surface area contributed by atoms with Crippen LogP contribution in [0.2, 0.25) is 0 Å². The summed E-state index contributed by atoms with van der Waals surface area (Å²) in [5.74, 6) is -0.0444. The quantitative estimate of drug-likeness (QED) is 0.633. The fourth-order valence-electron chi connectivity index (χ4n) is 1.26. The van der Waals surface area contributed by atoms with Gasteiger partial charge in [-0.2, -0.15) is 0 Å². The van der Waals surface area contributed by atoms with Gasteiger partial charge < -0.3 is 15.4 Å². The zero-order valence-electron chi connectivity index (χ0n) is 7.25. The molecule has 1 saturated heterocycles. The van der Waals surface area contributed by atoms with Crippen molar-refractivity contribution in [2.75, 3.05) is 20.3 Å². The normalized spacial score (nSPS) is 23.8. The first kappa shape index (κ1) is 9.22. The smallest absolute Gasteiger partial charge is 0.244 e. The molecule has 0 saturated carbocycles. The molecule has 0 aromatic carbocycles. The number of rotatable bonds is 3. The van der Waals surface area contributed by atoms with E-state index < -0.39 is 6.04 Å². The topological polar surface area (TPSA) is 55.6 Å². The van der Waals surface area contributed by atoms with Crippen LogP contribution in [-0.4, -0.2) is 37.1 Å². The molecule has 1 unspecified atom stereocenters. The highest BCUT2D eigenvalue weighted by molar-refractivity contribution is 5.86. The molecule has 1 fully saturated rings. The molecule has 12 heavy (non-hydrogen) atoms. The lowest BCUT2D eigenvalue weighted by Gasteiger charge is -2.16. The summed E-state index contributed by atoms with van der Waals surface area (Å²) in [7, 11) is 1.60. The highest BCUT2D eigenvalue weighted by Gasteiger charge is 2.31. The summed E-state index contributed by atoms with van der Waals surface area (Å²) in [5.41, 5.74) is 6.33. The van der Waals surface area contributed by atoms with Crippen LogP contribution >= 0.6 is 0 Å². The molecule has 1 atom stereocenters. The van der Waals surface area contributed by atoms with Gasteiger partial charge in [0.25, 0.3) is 0 Å². The van der Waals surface area contributed by atoms with E-state index in [1.165, 1.54) is 0 Å². The van der Waals surface area contributed by atoms with E-state index in [0.717, 1.165) is 5.70 Å². The minimum absolute atomic E-state index is 0.0444. The number of ether oxygens (including phenoxy) is 1. The average molecular weight is 170 g/mol. The van der Waals surface area contributed by atoms with E-state index in [1.807, 2.05) is 0 Å². The molecule has 4 nitrogen and oxygen atoms in total. The molecule has 0 radical (unpaired) electrons. The second-order valence-electron chi connectivity index (χ2n) is 2.86. The van der Waals surface area contributed by atoms with Crippen molar-refractivity contribution >= 4 is 5.91 Å². The van der Waals surface area contributed by atoms with Crippen LogP contribution in [0.5, 0.6) is 0 Å². The Kier molecular flexibility index (Phi) is 2.83. The highest BCUT2D eigenvalue weighted by Crippen LogP contribution is 2.18. The minimum atomic E-state index is -0.394. The molecule has 0 aromatic heterocycles. The van der Waals surface area contributed by atoms with E-state index in [0.29, 0.717) is 19.6 Å². The third kappa shape index (κ3) is 1.65. The average Bonchev–Trinajstić information content (AvgIpc) is 2.25. The Morgan fingerprint density at radius 1 is 1.83 bits per heavy atom. The van der Waals surface area contributed by atoms with Crippen molar-refractivity contribution in [3.05, 3.63) is 12.3 Å². The molecular formula is C8H14N2O2. The van der Waals surface area contributed by atoms with Gasteiger partial charge in [0.2, 0.25) is 5.91 Å². The number of nitrogens with two attached hydrogens (primary N) is 1. The summed E-state index contributed by atoms with van der Waals surface area (Å²) in [6.45, 7) is 4.84. The van der Waals surface area contributed by atoms with Crippen LogP contribution in [0.4, 0.5) is 0 Å². The van der Waals surface area contributed by atoms with Gasteiger partial charge in [-0.05, 0) is 0 Å². The standard InChI is InChI=1S/C8H14N2O2/c1-6-5-7(9)8(11)10(6)3-4-12-2/h7H,1,3-5,9H2,2H3. The molecule has 1 rings (SSSR count). The van der Waals surface area contributed by atoms with Crippen LogP contribution in [0.15, 0.2) is 12.3 Å².